The van der Waals surface area contributed by atoms with Crippen LogP contribution in [0.25, 0.3) is 16.6 Å². The van der Waals surface area contributed by atoms with Gasteiger partial charge in [0.25, 0.3) is 5.56 Å². The van der Waals surface area contributed by atoms with E-state index in [-0.39, 0.29) is 5.56 Å². The Hall–Kier alpha value is -2.63. The Morgan fingerprint density at radius 1 is 0.952 bits per heavy atom. The summed E-state index contributed by atoms with van der Waals surface area (Å²) < 4.78 is 39.3. The largest absolute Gasteiger partial charge is 0.416 e. The van der Waals surface area contributed by atoms with Crippen LogP contribution < -0.4 is 5.56 Å². The molecule has 0 aliphatic rings. The predicted octanol–water partition coefficient (Wildman–Crippen LogP) is 3.40. The number of nitrogens with zero attached hydrogens (tertiary/aromatic N) is 2. The fourth-order valence-electron chi connectivity index (χ4n) is 2.12. The van der Waals surface area contributed by atoms with Crippen LogP contribution in [0.2, 0.25) is 0 Å². The summed E-state index contributed by atoms with van der Waals surface area (Å²) in [5.41, 5.74) is 0.0160. The van der Waals surface area contributed by atoms with E-state index in [1.54, 1.807) is 28.8 Å². The van der Waals surface area contributed by atoms with Crippen LogP contribution in [0.5, 0.6) is 0 Å². The highest BCUT2D eigenvalue weighted by Gasteiger charge is 2.30. The van der Waals surface area contributed by atoms with Crippen LogP contribution in [-0.4, -0.2) is 9.55 Å². The summed E-state index contributed by atoms with van der Waals surface area (Å²) >= 11 is 0. The molecule has 0 amide bonds. The van der Waals surface area contributed by atoms with Gasteiger partial charge in [0.1, 0.15) is 6.33 Å². The van der Waals surface area contributed by atoms with Gasteiger partial charge in [-0.25, -0.2) is 0 Å². The van der Waals surface area contributed by atoms with E-state index < -0.39 is 11.7 Å². The number of rotatable bonds is 1. The topological polar surface area (TPSA) is 34.9 Å². The number of fused-ring (bicyclic) bond motifs is 1. The lowest BCUT2D eigenvalue weighted by molar-refractivity contribution is -0.137. The second kappa shape index (κ2) is 4.73. The molecule has 3 rings (SSSR count). The Morgan fingerprint density at radius 2 is 1.62 bits per heavy atom. The van der Waals surface area contributed by atoms with Gasteiger partial charge in [-0.05, 0) is 36.4 Å². The summed E-state index contributed by atoms with van der Waals surface area (Å²) in [7, 11) is 0. The van der Waals surface area contributed by atoms with Crippen molar-refractivity contribution in [3.8, 4) is 5.69 Å². The van der Waals surface area contributed by atoms with Gasteiger partial charge in [0.05, 0.1) is 16.5 Å². The lowest BCUT2D eigenvalue weighted by Gasteiger charge is -2.11. The minimum atomic E-state index is -4.37. The molecule has 0 saturated carbocycles. The lowest BCUT2D eigenvalue weighted by Crippen LogP contribution is -2.11. The SMILES string of the molecule is O=c1ncn(-c2ccc(C(F)(F)F)cc2)c2ccccc12. The number of para-hydroxylation sites is 1. The van der Waals surface area contributed by atoms with Gasteiger partial charge in [0.2, 0.25) is 0 Å². The van der Waals surface area contributed by atoms with Gasteiger partial charge in [-0.1, -0.05) is 12.1 Å². The van der Waals surface area contributed by atoms with E-state index in [0.717, 1.165) is 12.1 Å². The number of hydrogen-bond donors (Lipinski definition) is 0. The third kappa shape index (κ3) is 2.40. The summed E-state index contributed by atoms with van der Waals surface area (Å²) in [6.07, 6.45) is -3.06. The van der Waals surface area contributed by atoms with E-state index >= 15 is 0 Å². The minimum Gasteiger partial charge on any atom is -0.300 e. The molecule has 0 aliphatic carbocycles. The van der Waals surface area contributed by atoms with Crippen LogP contribution in [0.15, 0.2) is 59.7 Å². The molecule has 21 heavy (non-hydrogen) atoms. The summed E-state index contributed by atoms with van der Waals surface area (Å²) in [5, 5.41) is 0.417. The smallest absolute Gasteiger partial charge is 0.300 e. The van der Waals surface area contributed by atoms with Crippen molar-refractivity contribution in [3.05, 3.63) is 70.8 Å². The van der Waals surface area contributed by atoms with Crippen LogP contribution in [0.3, 0.4) is 0 Å². The molecule has 6 heteroatoms. The molecule has 0 fully saturated rings. The monoisotopic (exact) mass is 290 g/mol. The Kier molecular flexibility index (Phi) is 3.01. The molecular weight excluding hydrogens is 281 g/mol. The first-order chi connectivity index (χ1) is 9.97. The zero-order valence-corrected chi connectivity index (χ0v) is 10.6. The van der Waals surface area contributed by atoms with Crippen molar-refractivity contribution >= 4 is 10.9 Å². The van der Waals surface area contributed by atoms with Crippen molar-refractivity contribution < 1.29 is 13.2 Å². The zero-order chi connectivity index (χ0) is 15.0. The molecule has 0 saturated heterocycles. The second-order valence-electron chi connectivity index (χ2n) is 4.48. The molecule has 106 valence electrons. The molecule has 3 aromatic rings. The van der Waals surface area contributed by atoms with E-state index in [0.29, 0.717) is 16.6 Å². The second-order valence-corrected chi connectivity index (χ2v) is 4.48. The quantitative estimate of drug-likeness (QED) is 0.688. The molecule has 1 aromatic heterocycles. The Morgan fingerprint density at radius 3 is 2.29 bits per heavy atom. The van der Waals surface area contributed by atoms with Gasteiger partial charge in [0.15, 0.2) is 0 Å². The number of aromatic nitrogens is 2. The number of alkyl halides is 3. The summed E-state index contributed by atoms with van der Waals surface area (Å²) in [4.78, 5) is 15.4. The van der Waals surface area contributed by atoms with Crippen molar-refractivity contribution in [1.29, 1.82) is 0 Å². The van der Waals surface area contributed by atoms with Crippen molar-refractivity contribution in [2.24, 2.45) is 0 Å². The molecule has 0 N–H and O–H groups in total. The van der Waals surface area contributed by atoms with E-state index in [9.17, 15) is 18.0 Å². The van der Waals surface area contributed by atoms with Crippen LogP contribution >= 0.6 is 0 Å². The van der Waals surface area contributed by atoms with Crippen LogP contribution in [0, 0.1) is 0 Å². The number of hydrogen-bond acceptors (Lipinski definition) is 2. The molecule has 0 bridgehead atoms. The zero-order valence-electron chi connectivity index (χ0n) is 10.6. The maximum Gasteiger partial charge on any atom is 0.416 e. The first-order valence-corrected chi connectivity index (χ1v) is 6.11. The van der Waals surface area contributed by atoms with Crippen molar-refractivity contribution in [2.45, 2.75) is 6.18 Å². The highest BCUT2D eigenvalue weighted by molar-refractivity contribution is 5.79. The highest BCUT2D eigenvalue weighted by atomic mass is 19.4. The van der Waals surface area contributed by atoms with Crippen LogP contribution in [0.4, 0.5) is 13.2 Å². The third-order valence-corrected chi connectivity index (χ3v) is 3.16. The summed E-state index contributed by atoms with van der Waals surface area (Å²) in [6.45, 7) is 0. The maximum atomic E-state index is 12.6. The van der Waals surface area contributed by atoms with Crippen LogP contribution in [0.1, 0.15) is 5.56 Å². The predicted molar refractivity (Wildman–Crippen MR) is 72.3 cm³/mol. The Labute approximate surface area is 117 Å². The first-order valence-electron chi connectivity index (χ1n) is 6.11. The van der Waals surface area contributed by atoms with E-state index in [1.807, 2.05) is 0 Å². The molecular formula is C15H9F3N2O. The molecule has 0 atom stereocenters. The van der Waals surface area contributed by atoms with Gasteiger partial charge in [-0.3, -0.25) is 4.79 Å². The number of halogens is 3. The van der Waals surface area contributed by atoms with E-state index in [4.69, 9.17) is 0 Å². The Balaban J connectivity index is 2.17. The molecule has 0 spiro atoms. The summed E-state index contributed by atoms with van der Waals surface area (Å²) in [5.74, 6) is 0. The molecule has 2 aromatic carbocycles. The fraction of sp³-hybridized carbons (Fsp3) is 0.0667. The Bertz CT molecular complexity index is 851. The molecule has 3 nitrogen and oxygen atoms in total. The molecule has 0 aliphatic heterocycles. The fourth-order valence-corrected chi connectivity index (χ4v) is 2.12. The van der Waals surface area contributed by atoms with Gasteiger partial charge in [0, 0.05) is 5.69 Å². The van der Waals surface area contributed by atoms with Crippen molar-refractivity contribution in [3.63, 3.8) is 0 Å². The first kappa shape index (κ1) is 13.4. The van der Waals surface area contributed by atoms with Gasteiger partial charge in [-0.15, -0.1) is 0 Å². The third-order valence-electron chi connectivity index (χ3n) is 3.16. The normalized spacial score (nSPS) is 11.8. The average molecular weight is 290 g/mol. The van der Waals surface area contributed by atoms with Gasteiger partial charge < -0.3 is 4.57 Å². The van der Waals surface area contributed by atoms with Gasteiger partial charge >= 0.3 is 6.18 Å². The standard InChI is InChI=1S/C15H9F3N2O/c16-15(17,18)10-5-7-11(8-6-10)20-9-19-14(21)12-3-1-2-4-13(12)20/h1-9H. The molecule has 0 radical (unpaired) electrons. The van der Waals surface area contributed by atoms with Gasteiger partial charge in [-0.2, -0.15) is 18.2 Å². The van der Waals surface area contributed by atoms with Crippen molar-refractivity contribution in [2.75, 3.05) is 0 Å². The van der Waals surface area contributed by atoms with E-state index in [1.165, 1.54) is 18.5 Å². The summed E-state index contributed by atoms with van der Waals surface area (Å²) in [6, 6.07) is 11.5. The maximum absolute atomic E-state index is 12.6. The van der Waals surface area contributed by atoms with Crippen molar-refractivity contribution in [1.82, 2.24) is 9.55 Å². The average Bonchev–Trinajstić information content (AvgIpc) is 2.47. The van der Waals surface area contributed by atoms with Crippen LogP contribution in [-0.2, 0) is 6.18 Å². The lowest BCUT2D eigenvalue weighted by atomic mass is 10.2. The number of benzene rings is 2. The minimum absolute atomic E-state index is 0.367. The van der Waals surface area contributed by atoms with E-state index in [2.05, 4.69) is 4.98 Å². The highest BCUT2D eigenvalue weighted by Crippen LogP contribution is 2.29. The molecule has 1 heterocycles. The molecule has 0 unspecified atom stereocenters.